The van der Waals surface area contributed by atoms with Gasteiger partial charge in [0.2, 0.25) is 5.95 Å². The van der Waals surface area contributed by atoms with Crippen molar-refractivity contribution in [1.82, 2.24) is 35.0 Å². The van der Waals surface area contributed by atoms with Gasteiger partial charge in [0, 0.05) is 56.1 Å². The van der Waals surface area contributed by atoms with E-state index in [-0.39, 0.29) is 30.2 Å². The Kier molecular flexibility index (Phi) is 14.3. The van der Waals surface area contributed by atoms with E-state index in [0.29, 0.717) is 54.9 Å². The smallest absolute Gasteiger partial charge is 0.343 e. The second-order valence-electron chi connectivity index (χ2n) is 10.1. The Hall–Kier alpha value is -3.86. The number of carboxylic acids is 2. The number of carbonyl (C=O) groups is 3. The molecular weight excluding hydrogens is 678 g/mol. The summed E-state index contributed by atoms with van der Waals surface area (Å²) in [5, 5.41) is 23.2. The first-order valence-electron chi connectivity index (χ1n) is 14.3. The van der Waals surface area contributed by atoms with Crippen molar-refractivity contribution in [3.05, 3.63) is 41.7 Å². The number of hydrogen-bond acceptors (Lipinski definition) is 12. The summed E-state index contributed by atoms with van der Waals surface area (Å²) in [5.41, 5.74) is 13.7. The lowest BCUT2D eigenvalue weighted by Crippen LogP contribution is -2.41. The second-order valence-corrected chi connectivity index (χ2v) is 13.1. The van der Waals surface area contributed by atoms with Gasteiger partial charge in [0.1, 0.15) is 6.04 Å². The SMILES string of the molecule is CN(Cc1cnc2nc(N)nc(N)c2n1)c1ccc(C(=O)N[C@@H](CCC(=O)O)C(=O)O)cc1.O=P1(N(CCCl)CCCl)NCCCO1. The largest absolute Gasteiger partial charge is 0.481 e. The van der Waals surface area contributed by atoms with Gasteiger partial charge in [-0.25, -0.2) is 24.5 Å². The monoisotopic (exact) mass is 714 g/mol. The first kappa shape index (κ1) is 37.6. The number of fused-ring (bicyclic) bond motifs is 1. The van der Waals surface area contributed by atoms with Crippen LogP contribution in [0.4, 0.5) is 17.5 Å². The number of carboxylic acid groups (broad SMARTS) is 2. The van der Waals surface area contributed by atoms with Crippen molar-refractivity contribution in [2.75, 3.05) is 61.4 Å². The van der Waals surface area contributed by atoms with Crippen molar-refractivity contribution in [1.29, 1.82) is 0 Å². The summed E-state index contributed by atoms with van der Waals surface area (Å²) in [7, 11) is -1.03. The van der Waals surface area contributed by atoms with Gasteiger partial charge in [0.15, 0.2) is 17.0 Å². The van der Waals surface area contributed by atoms with Crippen LogP contribution < -0.4 is 26.8 Å². The molecule has 0 aliphatic carbocycles. The zero-order valence-corrected chi connectivity index (χ0v) is 27.9. The summed E-state index contributed by atoms with van der Waals surface area (Å²) in [6, 6.07) is 5.16. The number of aromatic nitrogens is 4. The number of nitrogens with one attached hydrogen (secondary N) is 2. The van der Waals surface area contributed by atoms with Gasteiger partial charge in [-0.15, -0.1) is 23.2 Å². The molecule has 256 valence electrons. The quantitative estimate of drug-likeness (QED) is 0.103. The summed E-state index contributed by atoms with van der Waals surface area (Å²) >= 11 is 11.2. The van der Waals surface area contributed by atoms with E-state index in [1.807, 2.05) is 11.9 Å². The van der Waals surface area contributed by atoms with Crippen molar-refractivity contribution in [3.8, 4) is 0 Å². The third-order valence-corrected chi connectivity index (χ3v) is 9.32. The van der Waals surface area contributed by atoms with Crippen LogP contribution in [0.25, 0.3) is 11.2 Å². The number of nitrogen functional groups attached to an aromatic ring is 2. The molecule has 1 unspecified atom stereocenters. The van der Waals surface area contributed by atoms with Crippen LogP contribution in [-0.4, -0.2) is 104 Å². The Bertz CT molecular complexity index is 1570. The average molecular weight is 716 g/mol. The van der Waals surface area contributed by atoms with E-state index < -0.39 is 31.6 Å². The molecule has 2 atom stereocenters. The fraction of sp³-hybridized carbons (Fsp3) is 0.444. The minimum Gasteiger partial charge on any atom is -0.481 e. The molecular formula is C27H37Cl2N10O7P. The zero-order chi connectivity index (χ0) is 34.6. The number of amides is 1. The molecule has 2 aromatic heterocycles. The van der Waals surface area contributed by atoms with E-state index in [2.05, 4.69) is 30.3 Å². The van der Waals surface area contributed by atoms with E-state index >= 15 is 0 Å². The van der Waals surface area contributed by atoms with Crippen molar-refractivity contribution >= 4 is 77.3 Å². The van der Waals surface area contributed by atoms with Crippen LogP contribution in [0.1, 0.15) is 35.3 Å². The van der Waals surface area contributed by atoms with E-state index in [1.54, 1.807) is 23.0 Å². The Morgan fingerprint density at radius 2 is 1.79 bits per heavy atom. The van der Waals surface area contributed by atoms with Gasteiger partial charge in [0.25, 0.3) is 5.91 Å². The molecule has 0 spiro atoms. The van der Waals surface area contributed by atoms with E-state index in [9.17, 15) is 24.1 Å². The lowest BCUT2D eigenvalue weighted by molar-refractivity contribution is -0.140. The van der Waals surface area contributed by atoms with Crippen LogP contribution in [0, 0.1) is 0 Å². The van der Waals surface area contributed by atoms with Crippen LogP contribution in [0.3, 0.4) is 0 Å². The first-order chi connectivity index (χ1) is 22.4. The molecule has 3 heterocycles. The third-order valence-electron chi connectivity index (χ3n) is 6.68. The number of alkyl halides is 2. The number of carbonyl (C=O) groups excluding carboxylic acids is 1. The molecule has 47 heavy (non-hydrogen) atoms. The molecule has 1 aromatic carbocycles. The molecule has 20 heteroatoms. The molecule has 1 saturated heterocycles. The summed E-state index contributed by atoms with van der Waals surface area (Å²) in [5.74, 6) is -2.06. The second kappa shape index (κ2) is 17.9. The van der Waals surface area contributed by atoms with E-state index in [4.69, 9.17) is 44.3 Å². The Balaban J connectivity index is 0.000000358. The van der Waals surface area contributed by atoms with Crippen LogP contribution in [0.5, 0.6) is 0 Å². The fourth-order valence-corrected chi connectivity index (χ4v) is 6.95. The number of benzene rings is 1. The molecule has 1 amide bonds. The number of rotatable bonds is 14. The third kappa shape index (κ3) is 11.1. The van der Waals surface area contributed by atoms with E-state index in [1.165, 1.54) is 12.1 Å². The fourth-order valence-electron chi connectivity index (χ4n) is 4.31. The molecule has 17 nitrogen and oxygen atoms in total. The maximum atomic E-state index is 12.4. The Morgan fingerprint density at radius 1 is 1.11 bits per heavy atom. The van der Waals surface area contributed by atoms with Crippen molar-refractivity contribution in [3.63, 3.8) is 0 Å². The van der Waals surface area contributed by atoms with Crippen molar-refractivity contribution in [2.45, 2.75) is 31.8 Å². The van der Waals surface area contributed by atoms with Gasteiger partial charge in [0.05, 0.1) is 25.0 Å². The minimum atomic E-state index is -2.84. The highest BCUT2D eigenvalue weighted by Crippen LogP contribution is 2.48. The number of nitrogens with zero attached hydrogens (tertiary/aromatic N) is 6. The zero-order valence-electron chi connectivity index (χ0n) is 25.5. The van der Waals surface area contributed by atoms with Crippen LogP contribution in [0.15, 0.2) is 30.5 Å². The van der Waals surface area contributed by atoms with Gasteiger partial charge in [-0.1, -0.05) is 0 Å². The lowest BCUT2D eigenvalue weighted by Gasteiger charge is -2.33. The highest BCUT2D eigenvalue weighted by molar-refractivity contribution is 7.54. The highest BCUT2D eigenvalue weighted by atomic mass is 35.5. The molecule has 0 radical (unpaired) electrons. The number of hydrogen-bond donors (Lipinski definition) is 6. The normalized spacial score (nSPS) is 16.6. The lowest BCUT2D eigenvalue weighted by atomic mass is 10.1. The molecule has 8 N–H and O–H groups in total. The minimum absolute atomic E-state index is 0.0138. The Morgan fingerprint density at radius 3 is 2.36 bits per heavy atom. The van der Waals surface area contributed by atoms with Crippen molar-refractivity contribution < 1.29 is 33.7 Å². The average Bonchev–Trinajstić information content (AvgIpc) is 3.03. The molecule has 1 fully saturated rings. The predicted octanol–water partition coefficient (Wildman–Crippen LogP) is 2.15. The topological polar surface area (TPSA) is 252 Å². The number of nitrogens with two attached hydrogens (primary N) is 2. The number of halogens is 2. The number of anilines is 3. The van der Waals surface area contributed by atoms with Gasteiger partial charge in [-0.3, -0.25) is 14.2 Å². The van der Waals surface area contributed by atoms with Gasteiger partial charge < -0.3 is 36.4 Å². The Labute approximate surface area is 280 Å². The summed E-state index contributed by atoms with van der Waals surface area (Å²) in [4.78, 5) is 52.7. The van der Waals surface area contributed by atoms with Gasteiger partial charge in [-0.2, -0.15) is 9.97 Å². The van der Waals surface area contributed by atoms with Crippen molar-refractivity contribution in [2.24, 2.45) is 0 Å². The number of aliphatic carboxylic acids is 2. The molecule has 0 bridgehead atoms. The first-order valence-corrected chi connectivity index (χ1v) is 17.0. The van der Waals surface area contributed by atoms with Gasteiger partial charge >= 0.3 is 19.6 Å². The summed E-state index contributed by atoms with van der Waals surface area (Å²) in [6.07, 6.45) is 1.85. The van der Waals surface area contributed by atoms with E-state index in [0.717, 1.165) is 18.7 Å². The maximum absolute atomic E-state index is 12.4. The molecule has 3 aromatic rings. The standard InChI is InChI=1S/C20H22N8O5.C7H15Cl2N2O2P/c1-28(9-11-8-23-17-15(24-11)16(21)26-20(22)27-17)12-4-2-10(3-5-12)18(31)25-13(19(32)33)6-7-14(29)30;8-2-5-11(6-3-9)14(12)10-4-1-7-13-14/h2-5,8,13H,6-7,9H2,1H3,(H,25,31)(H,29,30)(H,32,33)(H4,21,22,23,26,27);1-7H2,(H,10,12)/t13-;/m0./s1. The molecule has 4 rings (SSSR count). The maximum Gasteiger partial charge on any atom is 0.343 e. The molecule has 0 saturated carbocycles. The van der Waals surface area contributed by atoms with Crippen LogP contribution in [0.2, 0.25) is 0 Å². The van der Waals surface area contributed by atoms with Crippen LogP contribution >= 0.6 is 30.9 Å². The molecule has 1 aliphatic heterocycles. The van der Waals surface area contributed by atoms with Crippen LogP contribution in [-0.2, 0) is 25.2 Å². The summed E-state index contributed by atoms with van der Waals surface area (Å²) < 4.78 is 19.2. The molecule has 1 aliphatic rings. The van der Waals surface area contributed by atoms with Gasteiger partial charge in [-0.05, 0) is 37.1 Å². The summed E-state index contributed by atoms with van der Waals surface area (Å²) in [6.45, 7) is 2.68. The predicted molar refractivity (Wildman–Crippen MR) is 177 cm³/mol. The highest BCUT2D eigenvalue weighted by Gasteiger charge is 2.32.